The van der Waals surface area contributed by atoms with Gasteiger partial charge < -0.3 is 15.6 Å². The van der Waals surface area contributed by atoms with Crippen molar-refractivity contribution in [2.45, 2.75) is 25.2 Å². The van der Waals surface area contributed by atoms with Gasteiger partial charge in [-0.3, -0.25) is 4.79 Å². The van der Waals surface area contributed by atoms with Crippen LogP contribution < -0.4 is 5.73 Å². The van der Waals surface area contributed by atoms with E-state index < -0.39 is 5.91 Å². The number of para-hydroxylation sites is 1. The van der Waals surface area contributed by atoms with Gasteiger partial charge in [-0.05, 0) is 62.2 Å². The summed E-state index contributed by atoms with van der Waals surface area (Å²) in [6.07, 6.45) is 3.16. The number of hydrogen-bond acceptors (Lipinski definition) is 3. The lowest BCUT2D eigenvalue weighted by atomic mass is 9.96. The number of rotatable bonds is 5. The van der Waals surface area contributed by atoms with Gasteiger partial charge in [-0.2, -0.15) is 0 Å². The van der Waals surface area contributed by atoms with Crippen LogP contribution in [0.2, 0.25) is 5.02 Å². The van der Waals surface area contributed by atoms with Crippen molar-refractivity contribution in [3.63, 3.8) is 0 Å². The molecule has 0 aliphatic carbocycles. The van der Waals surface area contributed by atoms with Gasteiger partial charge >= 0.3 is 0 Å². The number of hydrogen-bond donors (Lipinski definition) is 2. The van der Waals surface area contributed by atoms with E-state index in [0.29, 0.717) is 17.0 Å². The molecule has 6 heteroatoms. The molecule has 1 saturated heterocycles. The molecule has 4 rings (SSSR count). The Morgan fingerprint density at radius 3 is 2.63 bits per heavy atom. The number of H-pyrrole nitrogens is 1. The second kappa shape index (κ2) is 7.71. The summed E-state index contributed by atoms with van der Waals surface area (Å²) in [6, 6.07) is 13.6. The molecule has 140 valence electrons. The van der Waals surface area contributed by atoms with Crippen LogP contribution in [0.5, 0.6) is 0 Å². The lowest BCUT2D eigenvalue weighted by Gasteiger charge is -2.31. The molecule has 5 nitrogen and oxygen atoms in total. The minimum atomic E-state index is -0.435. The molecule has 0 unspecified atom stereocenters. The molecule has 0 bridgehead atoms. The van der Waals surface area contributed by atoms with Crippen LogP contribution in [-0.4, -0.2) is 40.4 Å². The summed E-state index contributed by atoms with van der Waals surface area (Å²) in [5, 5.41) is 0.782. The normalized spacial score (nSPS) is 16.0. The zero-order chi connectivity index (χ0) is 18.8. The van der Waals surface area contributed by atoms with E-state index in [1.807, 2.05) is 24.3 Å². The third-order valence-electron chi connectivity index (χ3n) is 5.40. The topological polar surface area (TPSA) is 75.0 Å². The first-order chi connectivity index (χ1) is 13.1. The third-order valence-corrected chi connectivity index (χ3v) is 5.65. The number of nitrogens with zero attached hydrogens (tertiary/aromatic N) is 2. The highest BCUT2D eigenvalue weighted by Crippen LogP contribution is 2.28. The molecule has 1 aromatic heterocycles. The van der Waals surface area contributed by atoms with Crippen molar-refractivity contribution in [1.29, 1.82) is 0 Å². The maximum Gasteiger partial charge on any atom is 0.250 e. The van der Waals surface area contributed by atoms with E-state index in [1.54, 1.807) is 6.07 Å². The lowest BCUT2D eigenvalue weighted by Crippen LogP contribution is -2.34. The SMILES string of the molecule is NC(=O)c1cccc2[nH]c(C3CCN(CCc4ccc(Cl)cc4)CC3)nc12. The van der Waals surface area contributed by atoms with Crippen LogP contribution in [-0.2, 0) is 6.42 Å². The van der Waals surface area contributed by atoms with Crippen molar-refractivity contribution in [2.24, 2.45) is 5.73 Å². The minimum absolute atomic E-state index is 0.393. The number of piperidine rings is 1. The Morgan fingerprint density at radius 1 is 1.19 bits per heavy atom. The smallest absolute Gasteiger partial charge is 0.250 e. The standard InChI is InChI=1S/C21H23ClN4O/c22-16-6-4-14(5-7-16)8-11-26-12-9-15(10-13-26)21-24-18-3-1-2-17(20(23)27)19(18)25-21/h1-7,15H,8-13H2,(H2,23,27)(H,24,25). The van der Waals surface area contributed by atoms with E-state index in [2.05, 4.69) is 22.0 Å². The van der Waals surface area contributed by atoms with Gasteiger partial charge in [-0.1, -0.05) is 29.8 Å². The van der Waals surface area contributed by atoms with Gasteiger partial charge in [0.1, 0.15) is 11.3 Å². The molecule has 1 fully saturated rings. The van der Waals surface area contributed by atoms with E-state index in [4.69, 9.17) is 22.3 Å². The predicted octanol–water partition coefficient (Wildman–Crippen LogP) is 3.74. The van der Waals surface area contributed by atoms with Gasteiger partial charge in [0.2, 0.25) is 0 Å². The number of imidazole rings is 1. The van der Waals surface area contributed by atoms with Crippen LogP contribution in [0.25, 0.3) is 11.0 Å². The molecule has 3 N–H and O–H groups in total. The Labute approximate surface area is 163 Å². The molecule has 1 aliphatic heterocycles. The summed E-state index contributed by atoms with van der Waals surface area (Å²) in [5.41, 5.74) is 8.83. The van der Waals surface area contributed by atoms with Crippen molar-refractivity contribution in [1.82, 2.24) is 14.9 Å². The van der Waals surface area contributed by atoms with Crippen molar-refractivity contribution in [3.05, 3.63) is 64.4 Å². The van der Waals surface area contributed by atoms with Crippen molar-refractivity contribution in [2.75, 3.05) is 19.6 Å². The Balaban J connectivity index is 1.37. The number of nitrogens with one attached hydrogen (secondary N) is 1. The average Bonchev–Trinajstić information content (AvgIpc) is 3.12. The highest BCUT2D eigenvalue weighted by molar-refractivity contribution is 6.30. The zero-order valence-electron chi connectivity index (χ0n) is 15.1. The number of primary amides is 1. The minimum Gasteiger partial charge on any atom is -0.366 e. The summed E-state index contributed by atoms with van der Waals surface area (Å²) < 4.78 is 0. The van der Waals surface area contributed by atoms with Gasteiger partial charge in [0.15, 0.2) is 0 Å². The molecule has 0 atom stereocenters. The number of amides is 1. The molecule has 27 heavy (non-hydrogen) atoms. The maximum absolute atomic E-state index is 11.6. The summed E-state index contributed by atoms with van der Waals surface area (Å²) >= 11 is 5.95. The fourth-order valence-electron chi connectivity index (χ4n) is 3.81. The molecular formula is C21H23ClN4O. The van der Waals surface area contributed by atoms with Gasteiger partial charge in [-0.15, -0.1) is 0 Å². The lowest BCUT2D eigenvalue weighted by molar-refractivity contribution is 0.100. The highest BCUT2D eigenvalue weighted by Gasteiger charge is 2.23. The van der Waals surface area contributed by atoms with Gasteiger partial charge in [0, 0.05) is 17.5 Å². The molecule has 1 amide bonds. The second-order valence-electron chi connectivity index (χ2n) is 7.18. The molecule has 0 spiro atoms. The van der Waals surface area contributed by atoms with E-state index in [9.17, 15) is 4.79 Å². The molecule has 0 radical (unpaired) electrons. The van der Waals surface area contributed by atoms with Gasteiger partial charge in [0.25, 0.3) is 5.91 Å². The van der Waals surface area contributed by atoms with Crippen LogP contribution >= 0.6 is 11.6 Å². The van der Waals surface area contributed by atoms with Crippen molar-refractivity contribution < 1.29 is 4.79 Å². The number of nitrogens with two attached hydrogens (primary N) is 1. The van der Waals surface area contributed by atoms with Crippen LogP contribution in [0.15, 0.2) is 42.5 Å². The average molecular weight is 383 g/mol. The second-order valence-corrected chi connectivity index (χ2v) is 7.62. The number of aromatic amines is 1. The number of fused-ring (bicyclic) bond motifs is 1. The van der Waals surface area contributed by atoms with Crippen LogP contribution in [0.4, 0.5) is 0 Å². The molecule has 1 aliphatic rings. The number of aromatic nitrogens is 2. The number of carbonyl (C=O) groups is 1. The number of halogens is 1. The van der Waals surface area contributed by atoms with E-state index in [1.165, 1.54) is 5.56 Å². The number of likely N-dealkylation sites (tertiary alicyclic amines) is 1. The predicted molar refractivity (Wildman–Crippen MR) is 108 cm³/mol. The fourth-order valence-corrected chi connectivity index (χ4v) is 3.94. The largest absolute Gasteiger partial charge is 0.366 e. The Hall–Kier alpha value is -2.37. The van der Waals surface area contributed by atoms with Crippen LogP contribution in [0.1, 0.15) is 40.5 Å². The van der Waals surface area contributed by atoms with Crippen LogP contribution in [0, 0.1) is 0 Å². The van der Waals surface area contributed by atoms with E-state index in [0.717, 1.165) is 55.3 Å². The van der Waals surface area contributed by atoms with E-state index >= 15 is 0 Å². The summed E-state index contributed by atoms with van der Waals surface area (Å²) in [6.45, 7) is 3.16. The Bertz CT molecular complexity index is 942. The first kappa shape index (κ1) is 18.0. The maximum atomic E-state index is 11.6. The molecule has 2 aromatic carbocycles. The van der Waals surface area contributed by atoms with Gasteiger partial charge in [-0.25, -0.2) is 4.98 Å². The first-order valence-corrected chi connectivity index (χ1v) is 9.73. The monoisotopic (exact) mass is 382 g/mol. The van der Waals surface area contributed by atoms with Crippen molar-refractivity contribution in [3.8, 4) is 0 Å². The summed E-state index contributed by atoms with van der Waals surface area (Å²) in [5.74, 6) is 0.927. The summed E-state index contributed by atoms with van der Waals surface area (Å²) in [7, 11) is 0. The van der Waals surface area contributed by atoms with Crippen molar-refractivity contribution >= 4 is 28.5 Å². The highest BCUT2D eigenvalue weighted by atomic mass is 35.5. The van der Waals surface area contributed by atoms with Gasteiger partial charge in [0.05, 0.1) is 11.1 Å². The van der Waals surface area contributed by atoms with E-state index in [-0.39, 0.29) is 0 Å². The Kier molecular flexibility index (Phi) is 5.14. The molecule has 3 aromatic rings. The molecular weight excluding hydrogens is 360 g/mol. The molecule has 0 saturated carbocycles. The zero-order valence-corrected chi connectivity index (χ0v) is 15.9. The van der Waals surface area contributed by atoms with Crippen LogP contribution in [0.3, 0.4) is 0 Å². The third kappa shape index (κ3) is 3.99. The Morgan fingerprint density at radius 2 is 1.93 bits per heavy atom. The first-order valence-electron chi connectivity index (χ1n) is 9.35. The number of benzene rings is 2. The molecule has 2 heterocycles. The summed E-state index contributed by atoms with van der Waals surface area (Å²) in [4.78, 5) is 22.2. The number of carbonyl (C=O) groups excluding carboxylic acids is 1. The quantitative estimate of drug-likeness (QED) is 0.705. The fraction of sp³-hybridized carbons (Fsp3) is 0.333.